The second kappa shape index (κ2) is 5.84. The Hall–Kier alpha value is -1.20. The van der Waals surface area contributed by atoms with Gasteiger partial charge in [-0.15, -0.1) is 0 Å². The van der Waals surface area contributed by atoms with E-state index < -0.39 is 0 Å². The van der Waals surface area contributed by atoms with Crippen LogP contribution in [0.1, 0.15) is 13.3 Å². The normalized spacial score (nSPS) is 18.9. The van der Waals surface area contributed by atoms with Gasteiger partial charge in [0, 0.05) is 25.6 Å². The van der Waals surface area contributed by atoms with E-state index in [-0.39, 0.29) is 22.7 Å². The molecule has 1 aliphatic heterocycles. The fourth-order valence-corrected chi connectivity index (χ4v) is 3.08. The molecule has 102 valence electrons. The molecule has 1 saturated heterocycles. The maximum Gasteiger partial charge on any atom is 0.227 e. The number of hydrogen-bond acceptors (Lipinski definition) is 4. The third-order valence-corrected chi connectivity index (χ3v) is 4.31. The molecule has 1 fully saturated rings. The number of phenolic OH excluding ortho intramolecular Hbond substituents is 1. The largest absolute Gasteiger partial charge is 0.506 e. The molecule has 0 bridgehead atoms. The number of carbonyl (C=O) groups is 2. The summed E-state index contributed by atoms with van der Waals surface area (Å²) in [6, 6.07) is 4.78. The van der Waals surface area contributed by atoms with E-state index in [1.807, 2.05) is 0 Å². The van der Waals surface area contributed by atoms with Crippen molar-refractivity contribution in [1.29, 1.82) is 0 Å². The number of phenols is 1. The van der Waals surface area contributed by atoms with Crippen LogP contribution in [-0.4, -0.2) is 28.4 Å². The number of halogens is 1. The van der Waals surface area contributed by atoms with Gasteiger partial charge in [0.05, 0.1) is 5.02 Å². The SMILES string of the molecule is CC(=O)SCC1CC(=O)N(c2c(O)cccc2Cl)C1. The number of carbonyl (C=O) groups excluding carboxylic acids is 2. The van der Waals surface area contributed by atoms with E-state index in [0.29, 0.717) is 29.4 Å². The Morgan fingerprint density at radius 3 is 2.95 bits per heavy atom. The number of amides is 1. The molecule has 1 aromatic rings. The number of rotatable bonds is 3. The molecular weight excluding hydrogens is 286 g/mol. The molecule has 1 amide bonds. The maximum atomic E-state index is 12.0. The van der Waals surface area contributed by atoms with Crippen molar-refractivity contribution in [3.05, 3.63) is 23.2 Å². The van der Waals surface area contributed by atoms with Crippen molar-refractivity contribution in [2.24, 2.45) is 5.92 Å². The molecule has 0 saturated carbocycles. The molecule has 0 radical (unpaired) electrons. The van der Waals surface area contributed by atoms with Crippen molar-refractivity contribution >= 4 is 40.1 Å². The van der Waals surface area contributed by atoms with Gasteiger partial charge in [0.15, 0.2) is 5.12 Å². The molecule has 1 unspecified atom stereocenters. The molecular formula is C13H14ClNO3S. The second-order valence-corrected chi connectivity index (χ2v) is 6.09. The molecule has 0 aliphatic carbocycles. The molecule has 1 N–H and O–H groups in total. The van der Waals surface area contributed by atoms with Crippen LogP contribution in [0, 0.1) is 5.92 Å². The fourth-order valence-electron chi connectivity index (χ4n) is 2.12. The summed E-state index contributed by atoms with van der Waals surface area (Å²) in [6.45, 7) is 2.00. The number of para-hydroxylation sites is 1. The van der Waals surface area contributed by atoms with Gasteiger partial charge in [-0.05, 0) is 18.1 Å². The van der Waals surface area contributed by atoms with Crippen LogP contribution in [0.4, 0.5) is 5.69 Å². The van der Waals surface area contributed by atoms with Gasteiger partial charge in [-0.25, -0.2) is 0 Å². The van der Waals surface area contributed by atoms with Gasteiger partial charge < -0.3 is 10.0 Å². The van der Waals surface area contributed by atoms with E-state index in [2.05, 4.69) is 0 Å². The van der Waals surface area contributed by atoms with Crippen molar-refractivity contribution in [3.63, 3.8) is 0 Å². The lowest BCUT2D eigenvalue weighted by Crippen LogP contribution is -2.25. The number of hydrogen-bond donors (Lipinski definition) is 1. The third kappa shape index (κ3) is 3.22. The number of benzene rings is 1. The molecule has 0 aromatic heterocycles. The predicted octanol–water partition coefficient (Wildman–Crippen LogP) is 2.68. The van der Waals surface area contributed by atoms with Crippen molar-refractivity contribution in [2.75, 3.05) is 17.2 Å². The minimum absolute atomic E-state index is 0.000668. The first-order chi connectivity index (χ1) is 8.99. The predicted molar refractivity (Wildman–Crippen MR) is 76.7 cm³/mol. The van der Waals surface area contributed by atoms with Crippen molar-refractivity contribution < 1.29 is 14.7 Å². The van der Waals surface area contributed by atoms with E-state index in [1.165, 1.54) is 29.7 Å². The molecule has 1 heterocycles. The molecule has 19 heavy (non-hydrogen) atoms. The average Bonchev–Trinajstić information content (AvgIpc) is 2.68. The Bertz CT molecular complexity index is 500. The molecule has 0 spiro atoms. The molecule has 4 nitrogen and oxygen atoms in total. The van der Waals surface area contributed by atoms with E-state index in [1.54, 1.807) is 12.1 Å². The summed E-state index contributed by atoms with van der Waals surface area (Å²) >= 11 is 7.26. The Balaban J connectivity index is 2.14. The fraction of sp³-hybridized carbons (Fsp3) is 0.385. The van der Waals surface area contributed by atoms with Gasteiger partial charge in [-0.2, -0.15) is 0 Å². The van der Waals surface area contributed by atoms with Gasteiger partial charge in [0.25, 0.3) is 0 Å². The Morgan fingerprint density at radius 1 is 1.58 bits per heavy atom. The lowest BCUT2D eigenvalue weighted by atomic mass is 10.1. The first-order valence-electron chi connectivity index (χ1n) is 5.90. The van der Waals surface area contributed by atoms with Gasteiger partial charge >= 0.3 is 0 Å². The van der Waals surface area contributed by atoms with Crippen molar-refractivity contribution in [3.8, 4) is 5.75 Å². The Morgan fingerprint density at radius 2 is 2.32 bits per heavy atom. The topological polar surface area (TPSA) is 57.6 Å². The van der Waals surface area contributed by atoms with E-state index in [9.17, 15) is 14.7 Å². The van der Waals surface area contributed by atoms with Crippen LogP contribution in [0.25, 0.3) is 0 Å². The summed E-state index contributed by atoms with van der Waals surface area (Å²) in [7, 11) is 0. The first kappa shape index (κ1) is 14.2. The molecule has 1 aromatic carbocycles. The first-order valence-corrected chi connectivity index (χ1v) is 7.26. The van der Waals surface area contributed by atoms with Crippen LogP contribution in [0.2, 0.25) is 5.02 Å². The smallest absolute Gasteiger partial charge is 0.227 e. The van der Waals surface area contributed by atoms with E-state index in [4.69, 9.17) is 11.6 Å². The zero-order valence-corrected chi connectivity index (χ0v) is 12.0. The lowest BCUT2D eigenvalue weighted by molar-refractivity contribution is -0.117. The Labute approximate surface area is 120 Å². The second-order valence-electron chi connectivity index (χ2n) is 4.48. The summed E-state index contributed by atoms with van der Waals surface area (Å²) in [5.74, 6) is 0.651. The summed E-state index contributed by atoms with van der Waals surface area (Å²) in [4.78, 5) is 24.4. The van der Waals surface area contributed by atoms with Crippen LogP contribution < -0.4 is 4.90 Å². The molecule has 1 aliphatic rings. The molecule has 1 atom stereocenters. The number of aromatic hydroxyl groups is 1. The standard InChI is InChI=1S/C13H14ClNO3S/c1-8(16)19-7-9-5-12(18)15(6-9)13-10(14)3-2-4-11(13)17/h2-4,9,17H,5-7H2,1H3. The average molecular weight is 300 g/mol. The van der Waals surface area contributed by atoms with E-state index in [0.717, 1.165) is 0 Å². The highest BCUT2D eigenvalue weighted by atomic mass is 35.5. The quantitative estimate of drug-likeness (QED) is 0.932. The van der Waals surface area contributed by atoms with Crippen LogP contribution >= 0.6 is 23.4 Å². The van der Waals surface area contributed by atoms with Gasteiger partial charge in [-0.1, -0.05) is 29.4 Å². The number of anilines is 1. The summed E-state index contributed by atoms with van der Waals surface area (Å²) < 4.78 is 0. The van der Waals surface area contributed by atoms with Crippen LogP contribution in [0.3, 0.4) is 0 Å². The monoisotopic (exact) mass is 299 g/mol. The number of thioether (sulfide) groups is 1. The number of nitrogens with zero attached hydrogens (tertiary/aromatic N) is 1. The van der Waals surface area contributed by atoms with Crippen molar-refractivity contribution in [2.45, 2.75) is 13.3 Å². The van der Waals surface area contributed by atoms with Gasteiger partial charge in [-0.3, -0.25) is 9.59 Å². The van der Waals surface area contributed by atoms with Crippen molar-refractivity contribution in [1.82, 2.24) is 0 Å². The van der Waals surface area contributed by atoms with Crippen LogP contribution in [0.5, 0.6) is 5.75 Å². The summed E-state index contributed by atoms with van der Waals surface area (Å²) in [5, 5.41) is 10.2. The van der Waals surface area contributed by atoms with E-state index >= 15 is 0 Å². The molecule has 6 heteroatoms. The van der Waals surface area contributed by atoms with Gasteiger partial charge in [0.2, 0.25) is 5.91 Å². The zero-order chi connectivity index (χ0) is 14.0. The van der Waals surface area contributed by atoms with Crippen LogP contribution in [0.15, 0.2) is 18.2 Å². The minimum Gasteiger partial charge on any atom is -0.506 e. The third-order valence-electron chi connectivity index (χ3n) is 2.96. The highest BCUT2D eigenvalue weighted by Crippen LogP contribution is 2.38. The highest BCUT2D eigenvalue weighted by Gasteiger charge is 2.33. The van der Waals surface area contributed by atoms with Gasteiger partial charge in [0.1, 0.15) is 11.4 Å². The minimum atomic E-state index is -0.0717. The highest BCUT2D eigenvalue weighted by molar-refractivity contribution is 8.13. The molecule has 2 rings (SSSR count). The maximum absolute atomic E-state index is 12.0. The zero-order valence-electron chi connectivity index (χ0n) is 10.4. The summed E-state index contributed by atoms with van der Waals surface area (Å²) in [5.41, 5.74) is 0.365. The summed E-state index contributed by atoms with van der Waals surface area (Å²) in [6.07, 6.45) is 0.380. The van der Waals surface area contributed by atoms with Crippen LogP contribution in [-0.2, 0) is 9.59 Å². The Kier molecular flexibility index (Phi) is 4.37. The lowest BCUT2D eigenvalue weighted by Gasteiger charge is -2.19.